The highest BCUT2D eigenvalue weighted by molar-refractivity contribution is 5.74. The van der Waals surface area contributed by atoms with Gasteiger partial charge in [-0.2, -0.15) is 0 Å². The Morgan fingerprint density at radius 3 is 2.29 bits per heavy atom. The summed E-state index contributed by atoms with van der Waals surface area (Å²) in [4.78, 5) is 11.4. The molecule has 0 fully saturated rings. The molecule has 0 bridgehead atoms. The Bertz CT molecular complexity index is 469. The molecule has 1 N–H and O–H groups in total. The topological polar surface area (TPSA) is 47.6 Å². The Labute approximate surface area is 123 Å². The lowest BCUT2D eigenvalue weighted by Crippen LogP contribution is -2.27. The van der Waals surface area contributed by atoms with E-state index in [0.29, 0.717) is 12.1 Å². The van der Waals surface area contributed by atoms with E-state index in [4.69, 9.17) is 9.47 Å². The average Bonchev–Trinajstić information content (AvgIpc) is 2.40. The maximum Gasteiger partial charge on any atom is 0.347 e. The second-order valence-electron chi connectivity index (χ2n) is 4.94. The molecule has 4 nitrogen and oxygen atoms in total. The molecule has 0 heterocycles. The van der Waals surface area contributed by atoms with Crippen LogP contribution >= 0.6 is 0 Å². The third-order valence-electron chi connectivity index (χ3n) is 2.69. The molecule has 0 aromatic heterocycles. The van der Waals surface area contributed by atoms with Crippen molar-refractivity contribution in [3.8, 4) is 5.75 Å². The van der Waals surface area contributed by atoms with Crippen molar-refractivity contribution in [2.75, 3.05) is 6.61 Å². The maximum atomic E-state index is 13.9. The van der Waals surface area contributed by atoms with E-state index < -0.39 is 29.5 Å². The summed E-state index contributed by atoms with van der Waals surface area (Å²) < 4.78 is 37.6. The molecule has 0 amide bonds. The molecule has 1 unspecified atom stereocenters. The molecule has 1 aromatic rings. The second-order valence-corrected chi connectivity index (χ2v) is 4.94. The number of nitrogens with one attached hydrogen (secondary N) is 1. The van der Waals surface area contributed by atoms with Crippen molar-refractivity contribution in [1.29, 1.82) is 0 Å². The monoisotopic (exact) mass is 301 g/mol. The maximum absolute atomic E-state index is 13.9. The molecule has 0 aliphatic carbocycles. The van der Waals surface area contributed by atoms with Crippen molar-refractivity contribution < 1.29 is 23.0 Å². The number of halogens is 2. The zero-order valence-corrected chi connectivity index (χ0v) is 12.7. The lowest BCUT2D eigenvalue weighted by atomic mass is 10.2. The average molecular weight is 301 g/mol. The molecule has 0 spiro atoms. The first-order valence-electron chi connectivity index (χ1n) is 6.89. The predicted molar refractivity (Wildman–Crippen MR) is 75.1 cm³/mol. The third kappa shape index (κ3) is 5.30. The van der Waals surface area contributed by atoms with Crippen molar-refractivity contribution in [2.45, 2.75) is 46.4 Å². The van der Waals surface area contributed by atoms with Crippen molar-refractivity contribution in [2.24, 2.45) is 0 Å². The molecule has 1 rings (SSSR count). The zero-order chi connectivity index (χ0) is 16.0. The van der Waals surface area contributed by atoms with Gasteiger partial charge in [-0.05, 0) is 31.5 Å². The molecule has 0 saturated heterocycles. The van der Waals surface area contributed by atoms with Gasteiger partial charge in [0.15, 0.2) is 23.5 Å². The summed E-state index contributed by atoms with van der Waals surface area (Å²) in [7, 11) is 0. The molecule has 0 saturated carbocycles. The Hall–Kier alpha value is -1.69. The van der Waals surface area contributed by atoms with Gasteiger partial charge >= 0.3 is 5.97 Å². The van der Waals surface area contributed by atoms with Crippen LogP contribution < -0.4 is 10.1 Å². The quantitative estimate of drug-likeness (QED) is 0.787. The van der Waals surface area contributed by atoms with Gasteiger partial charge in [-0.3, -0.25) is 0 Å². The van der Waals surface area contributed by atoms with Crippen molar-refractivity contribution >= 4 is 5.97 Å². The minimum absolute atomic E-state index is 0.178. The van der Waals surface area contributed by atoms with E-state index in [1.807, 2.05) is 13.8 Å². The molecule has 0 radical (unpaired) electrons. The lowest BCUT2D eigenvalue weighted by Gasteiger charge is -2.15. The van der Waals surface area contributed by atoms with Gasteiger partial charge in [-0.1, -0.05) is 13.8 Å². The van der Waals surface area contributed by atoms with Crippen LogP contribution in [0.15, 0.2) is 12.1 Å². The first-order chi connectivity index (χ1) is 9.85. The SMILES string of the molecule is CCOC(=O)C(C)Oc1c(F)cc(CNC(C)C)cc1F. The number of hydrogen-bond donors (Lipinski definition) is 1. The third-order valence-corrected chi connectivity index (χ3v) is 2.69. The first-order valence-corrected chi connectivity index (χ1v) is 6.89. The van der Waals surface area contributed by atoms with Crippen LogP contribution in [-0.4, -0.2) is 24.7 Å². The fourth-order valence-electron chi connectivity index (χ4n) is 1.63. The Morgan fingerprint density at radius 1 is 1.24 bits per heavy atom. The minimum atomic E-state index is -1.08. The number of carbonyl (C=O) groups excluding carboxylic acids is 1. The fourth-order valence-corrected chi connectivity index (χ4v) is 1.63. The van der Waals surface area contributed by atoms with Crippen LogP contribution in [0, 0.1) is 11.6 Å². The van der Waals surface area contributed by atoms with E-state index in [-0.39, 0.29) is 12.6 Å². The van der Waals surface area contributed by atoms with Crippen LogP contribution in [0.5, 0.6) is 5.75 Å². The largest absolute Gasteiger partial charge is 0.473 e. The molecule has 118 valence electrons. The predicted octanol–water partition coefficient (Wildman–Crippen LogP) is 2.79. The number of carbonyl (C=O) groups is 1. The minimum Gasteiger partial charge on any atom is -0.473 e. The van der Waals surface area contributed by atoms with Crippen LogP contribution in [0.3, 0.4) is 0 Å². The van der Waals surface area contributed by atoms with Crippen LogP contribution in [-0.2, 0) is 16.1 Å². The van der Waals surface area contributed by atoms with Gasteiger partial charge in [-0.25, -0.2) is 13.6 Å². The fraction of sp³-hybridized carbons (Fsp3) is 0.533. The second kappa shape index (κ2) is 7.93. The van der Waals surface area contributed by atoms with Crippen molar-refractivity contribution in [1.82, 2.24) is 5.32 Å². The summed E-state index contributed by atoms with van der Waals surface area (Å²) in [6.45, 7) is 7.42. The molecule has 1 aromatic carbocycles. The summed E-state index contributed by atoms with van der Waals surface area (Å²) >= 11 is 0. The molecular weight excluding hydrogens is 280 g/mol. The van der Waals surface area contributed by atoms with Gasteiger partial charge < -0.3 is 14.8 Å². The highest BCUT2D eigenvalue weighted by atomic mass is 19.1. The summed E-state index contributed by atoms with van der Waals surface area (Å²) in [5, 5.41) is 3.06. The van der Waals surface area contributed by atoms with E-state index in [0.717, 1.165) is 0 Å². The van der Waals surface area contributed by atoms with Crippen LogP contribution in [0.4, 0.5) is 8.78 Å². The molecular formula is C15H21F2NO3. The van der Waals surface area contributed by atoms with Crippen LogP contribution in [0.2, 0.25) is 0 Å². The van der Waals surface area contributed by atoms with E-state index in [1.165, 1.54) is 19.1 Å². The summed E-state index contributed by atoms with van der Waals surface area (Å²) in [6, 6.07) is 2.58. The Balaban J connectivity index is 2.82. The van der Waals surface area contributed by atoms with Gasteiger partial charge in [0.05, 0.1) is 6.61 Å². The zero-order valence-electron chi connectivity index (χ0n) is 12.7. The smallest absolute Gasteiger partial charge is 0.347 e. The van der Waals surface area contributed by atoms with E-state index in [1.54, 1.807) is 6.92 Å². The highest BCUT2D eigenvalue weighted by Gasteiger charge is 2.21. The van der Waals surface area contributed by atoms with E-state index >= 15 is 0 Å². The molecule has 0 aliphatic heterocycles. The van der Waals surface area contributed by atoms with Gasteiger partial charge in [-0.15, -0.1) is 0 Å². The Morgan fingerprint density at radius 2 is 1.81 bits per heavy atom. The first kappa shape index (κ1) is 17.4. The van der Waals surface area contributed by atoms with E-state index in [2.05, 4.69) is 5.32 Å². The molecule has 6 heteroatoms. The standard InChI is InChI=1S/C15H21F2NO3/c1-5-20-15(19)10(4)21-14-12(16)6-11(7-13(14)17)8-18-9(2)3/h6-7,9-10,18H,5,8H2,1-4H3. The molecule has 1 atom stereocenters. The van der Waals surface area contributed by atoms with Crippen molar-refractivity contribution in [3.63, 3.8) is 0 Å². The Kier molecular flexibility index (Phi) is 6.55. The number of benzene rings is 1. The summed E-state index contributed by atoms with van der Waals surface area (Å²) in [6.07, 6.45) is -1.08. The van der Waals surface area contributed by atoms with Crippen molar-refractivity contribution in [3.05, 3.63) is 29.3 Å². The lowest BCUT2D eigenvalue weighted by molar-refractivity contribution is -0.150. The highest BCUT2D eigenvalue weighted by Crippen LogP contribution is 2.24. The number of hydrogen-bond acceptors (Lipinski definition) is 4. The van der Waals surface area contributed by atoms with Crippen LogP contribution in [0.25, 0.3) is 0 Å². The van der Waals surface area contributed by atoms with Crippen LogP contribution in [0.1, 0.15) is 33.3 Å². The molecule has 21 heavy (non-hydrogen) atoms. The van der Waals surface area contributed by atoms with Gasteiger partial charge in [0.2, 0.25) is 0 Å². The number of ether oxygens (including phenoxy) is 2. The van der Waals surface area contributed by atoms with Gasteiger partial charge in [0.1, 0.15) is 0 Å². The normalized spacial score (nSPS) is 12.3. The summed E-state index contributed by atoms with van der Waals surface area (Å²) in [5.41, 5.74) is 0.467. The van der Waals surface area contributed by atoms with Gasteiger partial charge in [0, 0.05) is 12.6 Å². The number of esters is 1. The molecule has 0 aliphatic rings. The van der Waals surface area contributed by atoms with Gasteiger partial charge in [0.25, 0.3) is 0 Å². The summed E-state index contributed by atoms with van der Waals surface area (Å²) in [5.74, 6) is -2.91. The van der Waals surface area contributed by atoms with E-state index in [9.17, 15) is 13.6 Å². The number of rotatable bonds is 7.